The Morgan fingerprint density at radius 3 is 2.92 bits per heavy atom. The van der Waals surface area contributed by atoms with Gasteiger partial charge in [0.25, 0.3) is 5.56 Å². The largest absolute Gasteiger partial charge is 0.391 e. The van der Waals surface area contributed by atoms with Crippen molar-refractivity contribution in [1.29, 1.82) is 0 Å². The van der Waals surface area contributed by atoms with E-state index in [1.807, 2.05) is 11.8 Å². The fourth-order valence-electron chi connectivity index (χ4n) is 2.96. The van der Waals surface area contributed by atoms with Crippen molar-refractivity contribution < 1.29 is 28.1 Å². The lowest BCUT2D eigenvalue weighted by Gasteiger charge is -2.24. The minimum absolute atomic E-state index is 0.351. The molecule has 11 heteroatoms. The van der Waals surface area contributed by atoms with Crippen molar-refractivity contribution >= 4 is 17.0 Å². The molecular weight excluding hydrogens is 357 g/mol. The molecule has 0 radical (unpaired) electrons. The first-order chi connectivity index (χ1) is 12.2. The third-order valence-corrected chi connectivity index (χ3v) is 4.12. The highest BCUT2D eigenvalue weighted by Gasteiger charge is 2.59. The minimum atomic E-state index is -2.90. The van der Waals surface area contributed by atoms with E-state index in [-0.39, 0.29) is 11.6 Å². The van der Waals surface area contributed by atoms with Crippen LogP contribution in [-0.4, -0.2) is 55.4 Å². The summed E-state index contributed by atoms with van der Waals surface area (Å²) in [5.74, 6) is 2.40. The SMILES string of the molecule is C[C@@H](O)[C@H]1O[C@@H](n2cc(F)c3c(=O)[nH]c(N)nc32)C(F)(C#CCF)[C@H]1O. The van der Waals surface area contributed by atoms with Crippen molar-refractivity contribution in [1.82, 2.24) is 14.5 Å². The molecule has 0 aromatic carbocycles. The topological polar surface area (TPSA) is 126 Å². The zero-order valence-electron chi connectivity index (χ0n) is 13.4. The van der Waals surface area contributed by atoms with Gasteiger partial charge in [0.2, 0.25) is 11.6 Å². The van der Waals surface area contributed by atoms with Gasteiger partial charge in [0.1, 0.15) is 24.3 Å². The van der Waals surface area contributed by atoms with Gasteiger partial charge < -0.3 is 20.7 Å². The van der Waals surface area contributed by atoms with Crippen LogP contribution in [0.2, 0.25) is 0 Å². The lowest BCUT2D eigenvalue weighted by atomic mass is 9.94. The van der Waals surface area contributed by atoms with Gasteiger partial charge in [0.15, 0.2) is 17.7 Å². The number of aliphatic hydroxyl groups excluding tert-OH is 2. The van der Waals surface area contributed by atoms with Gasteiger partial charge in [-0.05, 0) is 6.92 Å². The van der Waals surface area contributed by atoms with Crippen molar-refractivity contribution in [3.8, 4) is 11.8 Å². The molecule has 3 heterocycles. The number of nitrogens with zero attached hydrogens (tertiary/aromatic N) is 2. The molecule has 0 saturated carbocycles. The number of halogens is 3. The maximum Gasteiger partial charge on any atom is 0.264 e. The summed E-state index contributed by atoms with van der Waals surface area (Å²) >= 11 is 0. The summed E-state index contributed by atoms with van der Waals surface area (Å²) in [5, 5.41) is 19.4. The molecule has 3 rings (SSSR count). The minimum Gasteiger partial charge on any atom is -0.391 e. The second kappa shape index (κ2) is 6.31. The molecule has 8 nitrogen and oxygen atoms in total. The van der Waals surface area contributed by atoms with Crippen LogP contribution in [0.25, 0.3) is 11.0 Å². The zero-order valence-corrected chi connectivity index (χ0v) is 13.4. The van der Waals surface area contributed by atoms with Crippen molar-refractivity contribution in [3.05, 3.63) is 22.4 Å². The standard InChI is InChI=1S/C15H15F3N4O4/c1-6(23)9-10(24)15(18,3-2-4-16)13(26-9)22-5-7(17)8-11(22)20-14(19)21-12(8)25/h5-6,9-10,13,23-24H,4H2,1H3,(H3,19,20,21,25)/t6-,9-,10+,13-,15?/m1/s1. The molecule has 2 aromatic rings. The van der Waals surface area contributed by atoms with Crippen LogP contribution in [0.15, 0.2) is 11.0 Å². The summed E-state index contributed by atoms with van der Waals surface area (Å²) in [7, 11) is 0. The second-order valence-electron chi connectivity index (χ2n) is 5.88. The number of H-pyrrole nitrogens is 1. The van der Waals surface area contributed by atoms with Gasteiger partial charge in [-0.1, -0.05) is 11.8 Å². The normalized spacial score (nSPS) is 29.5. The van der Waals surface area contributed by atoms with Crippen LogP contribution in [0.3, 0.4) is 0 Å². The third kappa shape index (κ3) is 2.63. The van der Waals surface area contributed by atoms with Gasteiger partial charge in [0, 0.05) is 6.20 Å². The lowest BCUT2D eigenvalue weighted by molar-refractivity contribution is -0.0776. The average Bonchev–Trinajstić information content (AvgIpc) is 3.01. The van der Waals surface area contributed by atoms with E-state index in [0.29, 0.717) is 0 Å². The van der Waals surface area contributed by atoms with Crippen molar-refractivity contribution in [2.75, 3.05) is 12.4 Å². The Hall–Kier alpha value is -2.55. The van der Waals surface area contributed by atoms with Gasteiger partial charge >= 0.3 is 0 Å². The highest BCUT2D eigenvalue weighted by molar-refractivity contribution is 5.77. The van der Waals surface area contributed by atoms with Crippen LogP contribution in [0.4, 0.5) is 19.1 Å². The second-order valence-corrected chi connectivity index (χ2v) is 5.88. The van der Waals surface area contributed by atoms with Gasteiger partial charge in [-0.2, -0.15) is 4.98 Å². The highest BCUT2D eigenvalue weighted by atomic mass is 19.1. The van der Waals surface area contributed by atoms with Crippen molar-refractivity contribution in [2.24, 2.45) is 0 Å². The van der Waals surface area contributed by atoms with E-state index < -0.39 is 53.6 Å². The monoisotopic (exact) mass is 372 g/mol. The van der Waals surface area contributed by atoms with Gasteiger partial charge in [0.05, 0.1) is 6.10 Å². The Kier molecular flexibility index (Phi) is 4.43. The number of nitrogens with one attached hydrogen (secondary N) is 1. The van der Waals surface area contributed by atoms with E-state index in [9.17, 15) is 23.8 Å². The summed E-state index contributed by atoms with van der Waals surface area (Å²) in [6.45, 7) is 0.0463. The number of aromatic nitrogens is 3. The molecule has 1 aliphatic rings. The van der Waals surface area contributed by atoms with Gasteiger partial charge in [-0.3, -0.25) is 14.3 Å². The summed E-state index contributed by atoms with van der Waals surface area (Å²) in [6, 6.07) is 0. The predicted molar refractivity (Wildman–Crippen MR) is 83.9 cm³/mol. The number of hydrogen-bond donors (Lipinski definition) is 4. The number of hydrogen-bond acceptors (Lipinski definition) is 6. The first kappa shape index (κ1) is 18.2. The van der Waals surface area contributed by atoms with Crippen LogP contribution < -0.4 is 11.3 Å². The molecule has 0 aliphatic carbocycles. The van der Waals surface area contributed by atoms with Crippen molar-refractivity contribution in [2.45, 2.75) is 37.1 Å². The molecule has 1 unspecified atom stereocenters. The summed E-state index contributed by atoms with van der Waals surface area (Å²) in [4.78, 5) is 17.8. The maximum absolute atomic E-state index is 15.5. The molecule has 0 amide bonds. The molecule has 1 fully saturated rings. The van der Waals surface area contributed by atoms with Crippen LogP contribution in [0.1, 0.15) is 13.2 Å². The lowest BCUT2D eigenvalue weighted by Crippen LogP contribution is -2.44. The average molecular weight is 372 g/mol. The fourth-order valence-corrected chi connectivity index (χ4v) is 2.96. The molecule has 2 aromatic heterocycles. The smallest absolute Gasteiger partial charge is 0.264 e. The first-order valence-electron chi connectivity index (χ1n) is 7.53. The number of aromatic amines is 1. The Labute approximate surface area is 144 Å². The molecule has 0 bridgehead atoms. The van der Waals surface area contributed by atoms with Crippen LogP contribution in [0, 0.1) is 17.7 Å². The Bertz CT molecular complexity index is 963. The third-order valence-electron chi connectivity index (χ3n) is 4.12. The van der Waals surface area contributed by atoms with E-state index in [0.717, 1.165) is 10.8 Å². The molecule has 1 aliphatic heterocycles. The molecule has 0 spiro atoms. The van der Waals surface area contributed by atoms with E-state index >= 15 is 4.39 Å². The number of rotatable bonds is 2. The quantitative estimate of drug-likeness (QED) is 0.540. The molecule has 26 heavy (non-hydrogen) atoms. The molecule has 5 atom stereocenters. The number of nitrogens with two attached hydrogens (primary N) is 1. The van der Waals surface area contributed by atoms with E-state index in [4.69, 9.17) is 10.5 Å². The van der Waals surface area contributed by atoms with Crippen LogP contribution in [0.5, 0.6) is 0 Å². The number of ether oxygens (including phenoxy) is 1. The predicted octanol–water partition coefficient (Wildman–Crippen LogP) is -0.234. The van der Waals surface area contributed by atoms with Gasteiger partial charge in [-0.25, -0.2) is 13.2 Å². The molecular formula is C15H15F3N4O4. The number of nitrogen functional groups attached to an aromatic ring is 1. The highest BCUT2D eigenvalue weighted by Crippen LogP contribution is 2.43. The van der Waals surface area contributed by atoms with E-state index in [1.54, 1.807) is 0 Å². The summed E-state index contributed by atoms with van der Waals surface area (Å²) < 4.78 is 48.3. The van der Waals surface area contributed by atoms with Crippen LogP contribution in [-0.2, 0) is 4.74 Å². The molecule has 140 valence electrons. The summed E-state index contributed by atoms with van der Waals surface area (Å²) in [5.41, 5.74) is 1.31. The van der Waals surface area contributed by atoms with Crippen molar-refractivity contribution in [3.63, 3.8) is 0 Å². The Balaban J connectivity index is 2.24. The Morgan fingerprint density at radius 2 is 2.31 bits per heavy atom. The Morgan fingerprint density at radius 1 is 1.62 bits per heavy atom. The first-order valence-corrected chi connectivity index (χ1v) is 7.53. The van der Waals surface area contributed by atoms with E-state index in [1.165, 1.54) is 6.92 Å². The number of fused-ring (bicyclic) bond motifs is 1. The zero-order chi connectivity index (χ0) is 19.2. The van der Waals surface area contributed by atoms with Gasteiger partial charge in [-0.15, -0.1) is 0 Å². The maximum atomic E-state index is 15.5. The number of anilines is 1. The molecule has 5 N–H and O–H groups in total. The van der Waals surface area contributed by atoms with E-state index in [2.05, 4.69) is 9.97 Å². The number of aliphatic hydroxyl groups is 2. The van der Waals surface area contributed by atoms with Crippen LogP contribution >= 0.6 is 0 Å². The number of alkyl halides is 2. The summed E-state index contributed by atoms with van der Waals surface area (Å²) in [6.07, 6.45) is -5.79. The molecule has 1 saturated heterocycles. The fraction of sp³-hybridized carbons (Fsp3) is 0.467.